The lowest BCUT2D eigenvalue weighted by atomic mass is 9.95. The Morgan fingerprint density at radius 2 is 2.00 bits per heavy atom. The van der Waals surface area contributed by atoms with Crippen molar-refractivity contribution in [3.05, 3.63) is 53.2 Å². The second-order valence-electron chi connectivity index (χ2n) is 5.09. The molecule has 0 saturated heterocycles. The number of H-pyrrole nitrogens is 1. The van der Waals surface area contributed by atoms with E-state index in [9.17, 15) is 0 Å². The molecule has 2 heterocycles. The van der Waals surface area contributed by atoms with E-state index in [1.54, 1.807) is 12.5 Å². The molecule has 0 saturated carbocycles. The van der Waals surface area contributed by atoms with Gasteiger partial charge in [0.15, 0.2) is 0 Å². The molecule has 2 aliphatic rings. The van der Waals surface area contributed by atoms with Crippen molar-refractivity contribution in [1.29, 1.82) is 0 Å². The van der Waals surface area contributed by atoms with Gasteiger partial charge in [-0.2, -0.15) is 0 Å². The Kier molecular flexibility index (Phi) is 2.54. The molecule has 0 amide bonds. The van der Waals surface area contributed by atoms with E-state index in [-0.39, 0.29) is 0 Å². The van der Waals surface area contributed by atoms with Crippen LogP contribution in [0.1, 0.15) is 17.8 Å². The molecule has 0 bridgehead atoms. The Morgan fingerprint density at radius 1 is 1.20 bits per heavy atom. The third-order valence-electron chi connectivity index (χ3n) is 3.80. The molecule has 20 heavy (non-hydrogen) atoms. The van der Waals surface area contributed by atoms with Crippen molar-refractivity contribution in [2.45, 2.75) is 25.0 Å². The zero-order valence-electron chi connectivity index (χ0n) is 10.7. The summed E-state index contributed by atoms with van der Waals surface area (Å²) >= 11 is 6.22. The molecule has 1 spiro atoms. The van der Waals surface area contributed by atoms with Gasteiger partial charge in [-0.1, -0.05) is 23.7 Å². The molecule has 1 aliphatic heterocycles. The van der Waals surface area contributed by atoms with Crippen LogP contribution in [0.5, 0.6) is 0 Å². The summed E-state index contributed by atoms with van der Waals surface area (Å²) < 4.78 is 11.2. The van der Waals surface area contributed by atoms with E-state index in [1.165, 1.54) is 0 Å². The smallest absolute Gasteiger partial charge is 0.255 e. The first-order valence-corrected chi connectivity index (χ1v) is 6.97. The Morgan fingerprint density at radius 3 is 2.80 bits per heavy atom. The highest BCUT2D eigenvalue weighted by Gasteiger charge is 2.41. The summed E-state index contributed by atoms with van der Waals surface area (Å²) in [6.07, 6.45) is 5.53. The minimum Gasteiger partial charge on any atom is -0.456 e. The van der Waals surface area contributed by atoms with Crippen molar-refractivity contribution in [3.63, 3.8) is 0 Å². The third kappa shape index (κ3) is 1.79. The number of aromatic nitrogens is 2. The van der Waals surface area contributed by atoms with Gasteiger partial charge in [0.25, 0.3) is 5.79 Å². The number of nitrogens with one attached hydrogen (secondary N) is 1. The molecule has 1 aromatic carbocycles. The molecule has 0 fully saturated rings. The number of aryl methyl sites for hydroxylation is 1. The second kappa shape index (κ2) is 4.28. The number of aromatic amines is 1. The summed E-state index contributed by atoms with van der Waals surface area (Å²) in [5.74, 6) is 0.265. The molecule has 0 atom stereocenters. The van der Waals surface area contributed by atoms with Crippen LogP contribution in [-0.2, 0) is 22.3 Å². The van der Waals surface area contributed by atoms with E-state index < -0.39 is 5.79 Å². The van der Waals surface area contributed by atoms with Crippen molar-refractivity contribution in [3.8, 4) is 11.4 Å². The van der Waals surface area contributed by atoms with Gasteiger partial charge in [-0.15, -0.1) is 0 Å². The number of benzene rings is 1. The number of rotatable bonds is 1. The summed E-state index contributed by atoms with van der Waals surface area (Å²) in [6, 6.07) is 7.70. The average molecular weight is 289 g/mol. The summed E-state index contributed by atoms with van der Waals surface area (Å²) in [7, 11) is 0. The Labute approximate surface area is 121 Å². The normalized spacial score (nSPS) is 18.6. The van der Waals surface area contributed by atoms with Gasteiger partial charge in [0.05, 0.1) is 17.1 Å². The van der Waals surface area contributed by atoms with Crippen LogP contribution in [0, 0.1) is 0 Å². The number of halogens is 1. The lowest BCUT2D eigenvalue weighted by Crippen LogP contribution is -2.36. The van der Waals surface area contributed by atoms with Crippen LogP contribution in [0.2, 0.25) is 5.02 Å². The lowest BCUT2D eigenvalue weighted by molar-refractivity contribution is -0.149. The number of ether oxygens (including phenoxy) is 2. The van der Waals surface area contributed by atoms with Gasteiger partial charge in [0.1, 0.15) is 18.3 Å². The minimum absolute atomic E-state index is 0.544. The number of fused-ring (bicyclic) bond motifs is 1. The summed E-state index contributed by atoms with van der Waals surface area (Å²) in [4.78, 5) is 8.02. The largest absolute Gasteiger partial charge is 0.456 e. The first-order chi connectivity index (χ1) is 9.76. The van der Waals surface area contributed by atoms with Gasteiger partial charge in [-0.3, -0.25) is 0 Å². The van der Waals surface area contributed by atoms with Gasteiger partial charge in [-0.05, 0) is 18.6 Å². The maximum atomic E-state index is 6.22. The van der Waals surface area contributed by atoms with Crippen LogP contribution in [-0.4, -0.2) is 15.8 Å². The van der Waals surface area contributed by atoms with Crippen LogP contribution in [0.4, 0.5) is 0 Å². The zero-order valence-corrected chi connectivity index (χ0v) is 11.5. The second-order valence-corrected chi connectivity index (χ2v) is 5.49. The molecule has 4 rings (SSSR count). The molecular formula is C15H13ClN2O2. The number of hydrogen-bond donors (Lipinski definition) is 1. The summed E-state index contributed by atoms with van der Waals surface area (Å²) in [5, 5.41) is 0.698. The monoisotopic (exact) mass is 288 g/mol. The van der Waals surface area contributed by atoms with E-state index in [2.05, 4.69) is 9.97 Å². The van der Waals surface area contributed by atoms with Crippen LogP contribution in [0.15, 0.2) is 36.8 Å². The summed E-state index contributed by atoms with van der Waals surface area (Å²) in [5.41, 5.74) is 3.06. The van der Waals surface area contributed by atoms with Gasteiger partial charge < -0.3 is 14.5 Å². The number of hydrogen-bond acceptors (Lipinski definition) is 3. The fraction of sp³-hybridized carbons (Fsp3) is 0.267. The predicted octanol–water partition coefficient (Wildman–Crippen LogP) is 3.43. The molecule has 1 N–H and O–H groups in total. The van der Waals surface area contributed by atoms with E-state index >= 15 is 0 Å². The predicted molar refractivity (Wildman–Crippen MR) is 75.1 cm³/mol. The SMILES string of the molecule is Clc1ccccc1-c1nc2c([nH]1)CC1(CC2)OC=CO1. The van der Waals surface area contributed by atoms with E-state index in [0.29, 0.717) is 11.4 Å². The summed E-state index contributed by atoms with van der Waals surface area (Å²) in [6.45, 7) is 0. The van der Waals surface area contributed by atoms with Gasteiger partial charge >= 0.3 is 0 Å². The van der Waals surface area contributed by atoms with Crippen molar-refractivity contribution in [1.82, 2.24) is 9.97 Å². The highest BCUT2D eigenvalue weighted by molar-refractivity contribution is 6.33. The van der Waals surface area contributed by atoms with Crippen LogP contribution in [0.25, 0.3) is 11.4 Å². The van der Waals surface area contributed by atoms with Crippen molar-refractivity contribution < 1.29 is 9.47 Å². The molecule has 102 valence electrons. The third-order valence-corrected chi connectivity index (χ3v) is 4.13. The first kappa shape index (κ1) is 11.9. The Hall–Kier alpha value is -1.94. The molecule has 1 aromatic heterocycles. The number of nitrogens with zero attached hydrogens (tertiary/aromatic N) is 1. The highest BCUT2D eigenvalue weighted by Crippen LogP contribution is 2.36. The van der Waals surface area contributed by atoms with Crippen LogP contribution >= 0.6 is 11.6 Å². The van der Waals surface area contributed by atoms with Crippen molar-refractivity contribution in [2.24, 2.45) is 0 Å². The first-order valence-electron chi connectivity index (χ1n) is 6.59. The Balaban J connectivity index is 1.70. The minimum atomic E-state index is -0.544. The van der Waals surface area contributed by atoms with E-state index in [1.807, 2.05) is 24.3 Å². The molecule has 0 unspecified atom stereocenters. The molecular weight excluding hydrogens is 276 g/mol. The maximum absolute atomic E-state index is 6.22. The quantitative estimate of drug-likeness (QED) is 0.874. The molecule has 4 nitrogen and oxygen atoms in total. The number of imidazole rings is 1. The van der Waals surface area contributed by atoms with Crippen molar-refractivity contribution >= 4 is 11.6 Å². The molecule has 0 radical (unpaired) electrons. The molecule has 2 aromatic rings. The van der Waals surface area contributed by atoms with Crippen LogP contribution < -0.4 is 0 Å². The zero-order chi connectivity index (χ0) is 13.6. The molecule has 1 aliphatic carbocycles. The highest BCUT2D eigenvalue weighted by atomic mass is 35.5. The van der Waals surface area contributed by atoms with E-state index in [0.717, 1.165) is 35.6 Å². The fourth-order valence-corrected chi connectivity index (χ4v) is 3.00. The van der Waals surface area contributed by atoms with Gasteiger partial charge in [0.2, 0.25) is 0 Å². The van der Waals surface area contributed by atoms with E-state index in [4.69, 9.17) is 21.1 Å². The maximum Gasteiger partial charge on any atom is 0.255 e. The fourth-order valence-electron chi connectivity index (χ4n) is 2.78. The average Bonchev–Trinajstić information content (AvgIpc) is 3.06. The Bertz CT molecular complexity index is 685. The van der Waals surface area contributed by atoms with Crippen molar-refractivity contribution in [2.75, 3.05) is 0 Å². The van der Waals surface area contributed by atoms with Gasteiger partial charge in [0, 0.05) is 17.7 Å². The standard InChI is InChI=1S/C15H13ClN2O2/c16-11-4-2-1-3-10(11)14-17-12-5-6-15(9-13(12)18-14)19-7-8-20-15/h1-4,7-8H,5-6,9H2,(H,17,18). The topological polar surface area (TPSA) is 47.1 Å². The van der Waals surface area contributed by atoms with Gasteiger partial charge in [-0.25, -0.2) is 4.98 Å². The molecule has 5 heteroatoms. The lowest BCUT2D eigenvalue weighted by Gasteiger charge is -2.30. The van der Waals surface area contributed by atoms with Crippen LogP contribution in [0.3, 0.4) is 0 Å².